The predicted molar refractivity (Wildman–Crippen MR) is 64.4 cm³/mol. The molecule has 0 radical (unpaired) electrons. The number of carbonyl (C=O) groups excluding carboxylic acids is 2. The van der Waals surface area contributed by atoms with E-state index in [4.69, 9.17) is 9.47 Å². The minimum atomic E-state index is -0.730. The summed E-state index contributed by atoms with van der Waals surface area (Å²) >= 11 is 0. The van der Waals surface area contributed by atoms with Gasteiger partial charge in [0, 0.05) is 0 Å². The Morgan fingerprint density at radius 2 is 1.06 bits per heavy atom. The molecule has 0 N–H and O–H groups in total. The molecule has 0 aliphatic rings. The van der Waals surface area contributed by atoms with E-state index < -0.39 is 23.5 Å². The van der Waals surface area contributed by atoms with Crippen molar-refractivity contribution >= 4 is 12.3 Å². The van der Waals surface area contributed by atoms with Gasteiger partial charge in [-0.05, 0) is 40.5 Å². The average Bonchev–Trinajstić information content (AvgIpc) is 2.25. The molecule has 0 saturated carbocycles. The van der Waals surface area contributed by atoms with Gasteiger partial charge in [-0.1, -0.05) is 0 Å². The van der Waals surface area contributed by atoms with E-state index in [1.54, 1.807) is 27.7 Å². The Morgan fingerprint density at radius 3 is 1.28 bits per heavy atom. The number of rotatable bonds is 5. The molecule has 0 fully saturated rings. The molecule has 18 heavy (non-hydrogen) atoms. The van der Waals surface area contributed by atoms with Crippen LogP contribution < -0.4 is 0 Å². The fraction of sp³-hybridized carbons (Fsp3) is 0.833. The van der Waals surface area contributed by atoms with Gasteiger partial charge < -0.3 is 18.9 Å². The molecule has 0 aromatic rings. The molecule has 0 spiro atoms. The molecule has 0 aromatic heterocycles. The lowest BCUT2D eigenvalue weighted by atomic mass is 9.94. The van der Waals surface area contributed by atoms with E-state index in [-0.39, 0.29) is 0 Å². The van der Waals surface area contributed by atoms with Crippen molar-refractivity contribution < 1.29 is 28.5 Å². The summed E-state index contributed by atoms with van der Waals surface area (Å²) in [6.45, 7) is 7.05. The molecule has 0 saturated heterocycles. The summed E-state index contributed by atoms with van der Waals surface area (Å²) in [5.74, 6) is 0. The molecular weight excluding hydrogens is 240 g/mol. The van der Waals surface area contributed by atoms with Crippen LogP contribution in [0.2, 0.25) is 0 Å². The highest BCUT2D eigenvalue weighted by Gasteiger charge is 2.30. The van der Waals surface area contributed by atoms with Crippen molar-refractivity contribution in [3.8, 4) is 0 Å². The minimum absolute atomic E-state index is 0.520. The van der Waals surface area contributed by atoms with Crippen LogP contribution in [0, 0.1) is 0 Å². The van der Waals surface area contributed by atoms with Crippen LogP contribution in [0.1, 0.15) is 40.5 Å². The van der Waals surface area contributed by atoms with Gasteiger partial charge >= 0.3 is 12.3 Å². The summed E-state index contributed by atoms with van der Waals surface area (Å²) < 4.78 is 19.0. The number of methoxy groups -OCH3 is 2. The molecular formula is C12H22O6. The van der Waals surface area contributed by atoms with E-state index in [9.17, 15) is 9.59 Å². The van der Waals surface area contributed by atoms with Gasteiger partial charge in [0.15, 0.2) is 0 Å². The number of hydrogen-bond acceptors (Lipinski definition) is 6. The molecule has 0 bridgehead atoms. The van der Waals surface area contributed by atoms with E-state index in [0.29, 0.717) is 12.8 Å². The molecule has 0 rings (SSSR count). The van der Waals surface area contributed by atoms with Gasteiger partial charge in [0.1, 0.15) is 11.2 Å². The molecule has 0 amide bonds. The Labute approximate surface area is 108 Å². The SMILES string of the molecule is COC(=O)OC(C)(C)CCC(C)(C)OC(=O)OC. The Hall–Kier alpha value is -1.46. The maximum Gasteiger partial charge on any atom is 0.508 e. The number of ether oxygens (including phenoxy) is 4. The lowest BCUT2D eigenvalue weighted by Crippen LogP contribution is -2.34. The van der Waals surface area contributed by atoms with Crippen molar-refractivity contribution in [2.75, 3.05) is 14.2 Å². The molecule has 0 heterocycles. The van der Waals surface area contributed by atoms with Crippen molar-refractivity contribution in [1.82, 2.24) is 0 Å². The van der Waals surface area contributed by atoms with E-state index in [1.807, 2.05) is 0 Å². The van der Waals surface area contributed by atoms with Crippen LogP contribution in [0.25, 0.3) is 0 Å². The molecule has 6 heteroatoms. The zero-order valence-electron chi connectivity index (χ0n) is 11.9. The van der Waals surface area contributed by atoms with Crippen molar-refractivity contribution in [3.63, 3.8) is 0 Å². The molecule has 0 unspecified atom stereocenters. The van der Waals surface area contributed by atoms with Crippen molar-refractivity contribution in [1.29, 1.82) is 0 Å². The Morgan fingerprint density at radius 1 is 0.778 bits per heavy atom. The minimum Gasteiger partial charge on any atom is -0.438 e. The summed E-state index contributed by atoms with van der Waals surface area (Å²) in [4.78, 5) is 22.1. The molecule has 0 atom stereocenters. The van der Waals surface area contributed by atoms with Crippen LogP contribution >= 0.6 is 0 Å². The second-order valence-electron chi connectivity index (χ2n) is 5.13. The van der Waals surface area contributed by atoms with Gasteiger partial charge in [-0.25, -0.2) is 9.59 Å². The van der Waals surface area contributed by atoms with Crippen molar-refractivity contribution in [3.05, 3.63) is 0 Å². The third-order valence-electron chi connectivity index (χ3n) is 2.38. The number of carbonyl (C=O) groups is 2. The van der Waals surface area contributed by atoms with E-state index in [0.717, 1.165) is 0 Å². The number of hydrogen-bond donors (Lipinski definition) is 0. The maximum atomic E-state index is 11.0. The van der Waals surface area contributed by atoms with Crippen LogP contribution in [-0.4, -0.2) is 37.7 Å². The first-order valence-electron chi connectivity index (χ1n) is 5.66. The molecule has 6 nitrogen and oxygen atoms in total. The van der Waals surface area contributed by atoms with Gasteiger partial charge in [0.2, 0.25) is 0 Å². The topological polar surface area (TPSA) is 71.1 Å². The van der Waals surface area contributed by atoms with Gasteiger partial charge in [-0.15, -0.1) is 0 Å². The van der Waals surface area contributed by atoms with Crippen LogP contribution in [0.3, 0.4) is 0 Å². The van der Waals surface area contributed by atoms with Crippen LogP contribution in [-0.2, 0) is 18.9 Å². The summed E-state index contributed by atoms with van der Waals surface area (Å²) in [7, 11) is 2.51. The zero-order chi connectivity index (χ0) is 14.4. The molecule has 0 aliphatic carbocycles. The first-order chi connectivity index (χ1) is 8.12. The largest absolute Gasteiger partial charge is 0.508 e. The van der Waals surface area contributed by atoms with Gasteiger partial charge in [0.05, 0.1) is 14.2 Å². The fourth-order valence-electron chi connectivity index (χ4n) is 1.24. The first-order valence-corrected chi connectivity index (χ1v) is 5.66. The fourth-order valence-corrected chi connectivity index (χ4v) is 1.24. The third kappa shape index (κ3) is 6.98. The van der Waals surface area contributed by atoms with E-state index in [2.05, 4.69) is 9.47 Å². The Balaban J connectivity index is 4.28. The molecule has 0 aromatic carbocycles. The van der Waals surface area contributed by atoms with Crippen molar-refractivity contribution in [2.24, 2.45) is 0 Å². The smallest absolute Gasteiger partial charge is 0.438 e. The third-order valence-corrected chi connectivity index (χ3v) is 2.38. The van der Waals surface area contributed by atoms with Gasteiger partial charge in [0.25, 0.3) is 0 Å². The first kappa shape index (κ1) is 16.5. The lowest BCUT2D eigenvalue weighted by Gasteiger charge is -2.30. The normalized spacial score (nSPS) is 11.7. The monoisotopic (exact) mass is 262 g/mol. The summed E-state index contributed by atoms with van der Waals surface area (Å²) in [6, 6.07) is 0. The summed E-state index contributed by atoms with van der Waals surface area (Å²) in [5, 5.41) is 0. The van der Waals surface area contributed by atoms with Crippen molar-refractivity contribution in [2.45, 2.75) is 51.7 Å². The second-order valence-corrected chi connectivity index (χ2v) is 5.13. The highest BCUT2D eigenvalue weighted by atomic mass is 16.7. The summed E-state index contributed by atoms with van der Waals surface area (Å²) in [6.07, 6.45) is -0.420. The van der Waals surface area contributed by atoms with Gasteiger partial charge in [-0.3, -0.25) is 0 Å². The average molecular weight is 262 g/mol. The quantitative estimate of drug-likeness (QED) is 0.709. The highest BCUT2D eigenvalue weighted by molar-refractivity contribution is 5.60. The van der Waals surface area contributed by atoms with Crippen LogP contribution in [0.15, 0.2) is 0 Å². The highest BCUT2D eigenvalue weighted by Crippen LogP contribution is 2.25. The van der Waals surface area contributed by atoms with E-state index >= 15 is 0 Å². The summed E-state index contributed by atoms with van der Waals surface area (Å²) in [5.41, 5.74) is -1.38. The Kier molecular flexibility index (Phi) is 5.94. The lowest BCUT2D eigenvalue weighted by molar-refractivity contribution is -0.0432. The predicted octanol–water partition coefficient (Wildman–Crippen LogP) is 2.89. The van der Waals surface area contributed by atoms with Gasteiger partial charge in [-0.2, -0.15) is 0 Å². The molecule has 0 aliphatic heterocycles. The maximum absolute atomic E-state index is 11.0. The molecule has 106 valence electrons. The zero-order valence-corrected chi connectivity index (χ0v) is 11.9. The standard InChI is InChI=1S/C12H22O6/c1-11(2,17-9(13)15-5)7-8-12(3,4)18-10(14)16-6/h7-8H2,1-6H3. The van der Waals surface area contributed by atoms with Crippen LogP contribution in [0.4, 0.5) is 9.59 Å². The van der Waals surface area contributed by atoms with Crippen LogP contribution in [0.5, 0.6) is 0 Å². The van der Waals surface area contributed by atoms with E-state index in [1.165, 1.54) is 14.2 Å². The Bertz CT molecular complexity index is 265. The second kappa shape index (κ2) is 6.47.